The van der Waals surface area contributed by atoms with Gasteiger partial charge in [0.25, 0.3) is 5.91 Å². The molecule has 2 aromatic carbocycles. The van der Waals surface area contributed by atoms with Gasteiger partial charge in [-0.1, -0.05) is 59.3 Å². The predicted molar refractivity (Wildman–Crippen MR) is 144 cm³/mol. The van der Waals surface area contributed by atoms with Crippen LogP contribution < -0.4 is 10.6 Å². The fourth-order valence-electron chi connectivity index (χ4n) is 3.55. The molecule has 0 saturated heterocycles. The van der Waals surface area contributed by atoms with Gasteiger partial charge in [-0.05, 0) is 39.8 Å². The molecule has 0 aliphatic heterocycles. The Hall–Kier alpha value is -3.50. The molecule has 2 amide bonds. The summed E-state index contributed by atoms with van der Waals surface area (Å²) in [5.74, 6) is 0.471. The van der Waals surface area contributed by atoms with Crippen molar-refractivity contribution < 1.29 is 9.59 Å². The number of nitrogens with one attached hydrogen (secondary N) is 2. The number of benzene rings is 2. The molecule has 2 heterocycles. The second-order valence-electron chi connectivity index (χ2n) is 8.39. The number of rotatable bonds is 9. The van der Waals surface area contributed by atoms with E-state index < -0.39 is 0 Å². The molecule has 4 rings (SSSR count). The van der Waals surface area contributed by atoms with Gasteiger partial charge in [0.15, 0.2) is 16.1 Å². The van der Waals surface area contributed by atoms with Gasteiger partial charge in [-0.2, -0.15) is 0 Å². The summed E-state index contributed by atoms with van der Waals surface area (Å²) in [5.41, 5.74) is 4.72. The highest BCUT2D eigenvalue weighted by Crippen LogP contribution is 2.26. The van der Waals surface area contributed by atoms with Crippen LogP contribution in [0.25, 0.3) is 11.3 Å². The molecule has 0 aliphatic rings. The molecule has 0 bridgehead atoms. The van der Waals surface area contributed by atoms with Crippen LogP contribution in [0.5, 0.6) is 0 Å². The molecule has 0 aliphatic carbocycles. The molecule has 186 valence electrons. The van der Waals surface area contributed by atoms with Crippen molar-refractivity contribution in [3.8, 4) is 11.3 Å². The van der Waals surface area contributed by atoms with Crippen molar-refractivity contribution >= 4 is 40.0 Å². The molecule has 0 spiro atoms. The lowest BCUT2D eigenvalue weighted by Gasteiger charge is -2.15. The summed E-state index contributed by atoms with van der Waals surface area (Å²) in [6.45, 7) is 8.49. The summed E-state index contributed by atoms with van der Waals surface area (Å²) < 4.78 is 1.91. The SMILES string of the molecule is CCn1c(SCC(=O)Nc2nc(-c3ccc(C)cc3)cs2)nnc1[C@H](C)NC(=O)c1ccc(C)cc1. The fourth-order valence-corrected chi connectivity index (χ4v) is 5.09. The van der Waals surface area contributed by atoms with Crippen LogP contribution in [0.4, 0.5) is 5.13 Å². The first kappa shape index (κ1) is 25.6. The van der Waals surface area contributed by atoms with E-state index in [1.165, 1.54) is 28.7 Å². The van der Waals surface area contributed by atoms with E-state index in [1.54, 1.807) is 12.1 Å². The maximum Gasteiger partial charge on any atom is 0.251 e. The van der Waals surface area contributed by atoms with Gasteiger partial charge in [0.2, 0.25) is 5.91 Å². The molecule has 0 fully saturated rings. The van der Waals surface area contributed by atoms with Crippen LogP contribution in [-0.2, 0) is 11.3 Å². The highest BCUT2D eigenvalue weighted by Gasteiger charge is 2.20. The van der Waals surface area contributed by atoms with E-state index in [-0.39, 0.29) is 23.6 Å². The number of aryl methyl sites for hydroxylation is 2. The number of thioether (sulfide) groups is 1. The Morgan fingerprint density at radius 1 is 1.03 bits per heavy atom. The van der Waals surface area contributed by atoms with Crippen molar-refractivity contribution in [3.05, 3.63) is 76.4 Å². The van der Waals surface area contributed by atoms with Crippen molar-refractivity contribution in [2.24, 2.45) is 0 Å². The maximum absolute atomic E-state index is 12.6. The maximum atomic E-state index is 12.6. The van der Waals surface area contributed by atoms with Crippen molar-refractivity contribution in [1.29, 1.82) is 0 Å². The second-order valence-corrected chi connectivity index (χ2v) is 10.2. The monoisotopic (exact) mass is 520 g/mol. The minimum atomic E-state index is -0.343. The van der Waals surface area contributed by atoms with Crippen molar-refractivity contribution in [2.75, 3.05) is 11.1 Å². The number of aromatic nitrogens is 4. The van der Waals surface area contributed by atoms with E-state index in [9.17, 15) is 9.59 Å². The van der Waals surface area contributed by atoms with Gasteiger partial charge in [0.05, 0.1) is 17.5 Å². The van der Waals surface area contributed by atoms with E-state index in [2.05, 4.69) is 25.8 Å². The number of anilines is 1. The topological polar surface area (TPSA) is 102 Å². The van der Waals surface area contributed by atoms with Crippen molar-refractivity contribution in [2.45, 2.75) is 45.4 Å². The predicted octanol–water partition coefficient (Wildman–Crippen LogP) is 5.26. The number of hydrogen-bond donors (Lipinski definition) is 2. The van der Waals surface area contributed by atoms with Crippen LogP contribution in [0, 0.1) is 13.8 Å². The molecule has 1 atom stereocenters. The lowest BCUT2D eigenvalue weighted by Crippen LogP contribution is -2.28. The summed E-state index contributed by atoms with van der Waals surface area (Å²) >= 11 is 2.69. The van der Waals surface area contributed by atoms with Crippen LogP contribution in [0.3, 0.4) is 0 Å². The molecule has 2 N–H and O–H groups in total. The first-order chi connectivity index (χ1) is 17.3. The average molecular weight is 521 g/mol. The van der Waals surface area contributed by atoms with E-state index >= 15 is 0 Å². The molecule has 0 unspecified atom stereocenters. The Kier molecular flexibility index (Phi) is 8.17. The molecule has 2 aromatic heterocycles. The number of thiazole rings is 1. The fraction of sp³-hybridized carbons (Fsp3) is 0.269. The molecule has 0 radical (unpaired) electrons. The van der Waals surface area contributed by atoms with Crippen molar-refractivity contribution in [1.82, 2.24) is 25.1 Å². The zero-order chi connectivity index (χ0) is 25.7. The Labute approximate surface area is 218 Å². The largest absolute Gasteiger partial charge is 0.342 e. The number of hydrogen-bond acceptors (Lipinski definition) is 7. The van der Waals surface area contributed by atoms with Crippen LogP contribution >= 0.6 is 23.1 Å². The van der Waals surface area contributed by atoms with E-state index in [0.29, 0.717) is 28.2 Å². The standard InChI is InChI=1S/C26H28N6O2S2/c1-5-32-23(18(4)27-24(34)20-12-8-17(3)9-13-20)30-31-26(32)36-15-22(33)29-25-28-21(14-35-25)19-10-6-16(2)7-11-19/h6-14,18H,5,15H2,1-4H3,(H,27,34)(H,28,29,33)/t18-/m0/s1. The Morgan fingerprint density at radius 2 is 1.69 bits per heavy atom. The first-order valence-corrected chi connectivity index (χ1v) is 13.5. The molecular formula is C26H28N6O2S2. The number of nitrogens with zero attached hydrogens (tertiary/aromatic N) is 4. The molecular weight excluding hydrogens is 492 g/mol. The minimum Gasteiger partial charge on any atom is -0.342 e. The second kappa shape index (κ2) is 11.5. The number of carbonyl (C=O) groups is 2. The molecule has 0 saturated carbocycles. The quantitative estimate of drug-likeness (QED) is 0.292. The van der Waals surface area contributed by atoms with Crippen molar-refractivity contribution in [3.63, 3.8) is 0 Å². The molecule has 36 heavy (non-hydrogen) atoms. The average Bonchev–Trinajstić information content (AvgIpc) is 3.50. The third-order valence-electron chi connectivity index (χ3n) is 5.54. The normalized spacial score (nSPS) is 11.8. The molecule has 8 nitrogen and oxygen atoms in total. The summed E-state index contributed by atoms with van der Waals surface area (Å²) in [4.78, 5) is 29.7. The Bertz CT molecular complexity index is 1350. The first-order valence-electron chi connectivity index (χ1n) is 11.6. The van der Waals surface area contributed by atoms with Gasteiger partial charge in [-0.25, -0.2) is 4.98 Å². The number of carbonyl (C=O) groups excluding carboxylic acids is 2. The van der Waals surface area contributed by atoms with Gasteiger partial charge in [-0.15, -0.1) is 21.5 Å². The smallest absolute Gasteiger partial charge is 0.251 e. The highest BCUT2D eigenvalue weighted by molar-refractivity contribution is 7.99. The summed E-state index contributed by atoms with van der Waals surface area (Å²) in [6, 6.07) is 15.2. The molecule has 4 aromatic rings. The lowest BCUT2D eigenvalue weighted by molar-refractivity contribution is -0.113. The summed E-state index contributed by atoms with van der Waals surface area (Å²) in [5, 5.41) is 17.5. The third-order valence-corrected chi connectivity index (χ3v) is 7.27. The minimum absolute atomic E-state index is 0.168. The van der Waals surface area contributed by atoms with Crippen LogP contribution in [0.1, 0.15) is 47.2 Å². The summed E-state index contributed by atoms with van der Waals surface area (Å²) in [6.07, 6.45) is 0. The van der Waals surface area contributed by atoms with Gasteiger partial charge < -0.3 is 15.2 Å². The zero-order valence-corrected chi connectivity index (χ0v) is 22.2. The highest BCUT2D eigenvalue weighted by atomic mass is 32.2. The number of amides is 2. The zero-order valence-electron chi connectivity index (χ0n) is 20.6. The Morgan fingerprint density at radius 3 is 2.36 bits per heavy atom. The third kappa shape index (κ3) is 6.19. The van der Waals surface area contributed by atoms with E-state index in [4.69, 9.17) is 0 Å². The van der Waals surface area contributed by atoms with E-state index in [1.807, 2.05) is 74.0 Å². The van der Waals surface area contributed by atoms with Crippen LogP contribution in [-0.4, -0.2) is 37.3 Å². The van der Waals surface area contributed by atoms with Crippen LogP contribution in [0.2, 0.25) is 0 Å². The van der Waals surface area contributed by atoms with Gasteiger partial charge in [0.1, 0.15) is 0 Å². The lowest BCUT2D eigenvalue weighted by atomic mass is 10.1. The van der Waals surface area contributed by atoms with Gasteiger partial charge in [0, 0.05) is 23.1 Å². The van der Waals surface area contributed by atoms with Gasteiger partial charge in [-0.3, -0.25) is 9.59 Å². The van der Waals surface area contributed by atoms with Crippen LogP contribution in [0.15, 0.2) is 59.1 Å². The van der Waals surface area contributed by atoms with E-state index in [0.717, 1.165) is 16.8 Å². The van der Waals surface area contributed by atoms with Gasteiger partial charge >= 0.3 is 0 Å². The summed E-state index contributed by atoms with van der Waals surface area (Å²) in [7, 11) is 0. The Balaban J connectivity index is 1.34. The molecule has 10 heteroatoms.